The van der Waals surface area contributed by atoms with Gasteiger partial charge in [-0.3, -0.25) is 11.3 Å². The molecule has 21 heavy (non-hydrogen) atoms. The van der Waals surface area contributed by atoms with Crippen LogP contribution in [0.25, 0.3) is 0 Å². The molecule has 1 rings (SSSR count). The van der Waals surface area contributed by atoms with Crippen LogP contribution in [-0.2, 0) is 0 Å². The topological polar surface area (TPSA) is 38.0 Å². The van der Waals surface area contributed by atoms with Gasteiger partial charge in [-0.1, -0.05) is 58.3 Å². The number of nitrogens with two attached hydrogens (primary N) is 1. The van der Waals surface area contributed by atoms with Gasteiger partial charge in [0.25, 0.3) is 0 Å². The molecule has 0 saturated heterocycles. The Labute approximate surface area is 127 Å². The fraction of sp³-hybridized carbons (Fsp3) is 0.647. The highest BCUT2D eigenvalue weighted by Crippen LogP contribution is 2.23. The van der Waals surface area contributed by atoms with E-state index >= 15 is 0 Å². The SMILES string of the molecule is CCCCCCCCCCC(NN)c1cc(F)ccc1F. The second kappa shape index (κ2) is 10.7. The highest BCUT2D eigenvalue weighted by Gasteiger charge is 2.14. The maximum atomic E-state index is 13.7. The van der Waals surface area contributed by atoms with Gasteiger partial charge in [0.2, 0.25) is 0 Å². The summed E-state index contributed by atoms with van der Waals surface area (Å²) in [5.41, 5.74) is 2.92. The fourth-order valence-corrected chi connectivity index (χ4v) is 2.59. The first-order valence-electron chi connectivity index (χ1n) is 8.10. The lowest BCUT2D eigenvalue weighted by Crippen LogP contribution is -2.28. The van der Waals surface area contributed by atoms with E-state index in [1.165, 1.54) is 44.6 Å². The first-order valence-corrected chi connectivity index (χ1v) is 8.10. The van der Waals surface area contributed by atoms with Crippen molar-refractivity contribution in [2.45, 2.75) is 70.8 Å². The van der Waals surface area contributed by atoms with Crippen molar-refractivity contribution in [1.29, 1.82) is 0 Å². The molecule has 0 heterocycles. The normalized spacial score (nSPS) is 12.6. The van der Waals surface area contributed by atoms with Crippen LogP contribution in [0, 0.1) is 11.6 Å². The molecule has 0 aliphatic rings. The van der Waals surface area contributed by atoms with Crippen molar-refractivity contribution in [2.24, 2.45) is 5.84 Å². The number of rotatable bonds is 11. The number of hydrogen-bond acceptors (Lipinski definition) is 2. The zero-order valence-corrected chi connectivity index (χ0v) is 13.0. The minimum Gasteiger partial charge on any atom is -0.271 e. The molecule has 1 unspecified atom stereocenters. The van der Waals surface area contributed by atoms with Gasteiger partial charge in [-0.25, -0.2) is 8.78 Å². The highest BCUT2D eigenvalue weighted by atomic mass is 19.1. The Bertz CT molecular complexity index is 396. The quantitative estimate of drug-likeness (QED) is 0.343. The van der Waals surface area contributed by atoms with E-state index < -0.39 is 11.6 Å². The fourth-order valence-electron chi connectivity index (χ4n) is 2.59. The first-order chi connectivity index (χ1) is 10.2. The molecule has 0 aliphatic carbocycles. The van der Waals surface area contributed by atoms with Gasteiger partial charge in [0.1, 0.15) is 11.6 Å². The van der Waals surface area contributed by atoms with Crippen LogP contribution >= 0.6 is 0 Å². The van der Waals surface area contributed by atoms with Crippen LogP contribution in [-0.4, -0.2) is 0 Å². The molecule has 0 bridgehead atoms. The van der Waals surface area contributed by atoms with Crippen molar-refractivity contribution in [3.63, 3.8) is 0 Å². The zero-order valence-electron chi connectivity index (χ0n) is 13.0. The molecule has 0 aliphatic heterocycles. The van der Waals surface area contributed by atoms with E-state index in [4.69, 9.17) is 5.84 Å². The average Bonchev–Trinajstić information content (AvgIpc) is 2.49. The second-order valence-corrected chi connectivity index (χ2v) is 5.65. The third kappa shape index (κ3) is 7.00. The van der Waals surface area contributed by atoms with Crippen LogP contribution in [0.2, 0.25) is 0 Å². The van der Waals surface area contributed by atoms with E-state index in [1.807, 2.05) is 0 Å². The Morgan fingerprint density at radius 3 is 2.24 bits per heavy atom. The molecule has 0 saturated carbocycles. The Hall–Kier alpha value is -1.00. The summed E-state index contributed by atoms with van der Waals surface area (Å²) in [6.07, 6.45) is 10.5. The summed E-state index contributed by atoms with van der Waals surface area (Å²) in [4.78, 5) is 0. The van der Waals surface area contributed by atoms with E-state index in [0.717, 1.165) is 31.4 Å². The lowest BCUT2D eigenvalue weighted by atomic mass is 9.99. The van der Waals surface area contributed by atoms with Crippen molar-refractivity contribution in [3.8, 4) is 0 Å². The molecule has 0 spiro atoms. The van der Waals surface area contributed by atoms with Crippen LogP contribution in [0.3, 0.4) is 0 Å². The second-order valence-electron chi connectivity index (χ2n) is 5.65. The van der Waals surface area contributed by atoms with Crippen molar-refractivity contribution in [1.82, 2.24) is 5.43 Å². The summed E-state index contributed by atoms with van der Waals surface area (Å²) in [7, 11) is 0. The van der Waals surface area contributed by atoms with E-state index in [1.54, 1.807) is 0 Å². The standard InChI is InChI=1S/C17H28F2N2/c1-2-3-4-5-6-7-8-9-10-17(21-20)15-13-14(18)11-12-16(15)19/h11-13,17,21H,2-10,20H2,1H3. The molecule has 0 fully saturated rings. The molecule has 120 valence electrons. The smallest absolute Gasteiger partial charge is 0.128 e. The predicted molar refractivity (Wildman–Crippen MR) is 83.6 cm³/mol. The van der Waals surface area contributed by atoms with Crippen molar-refractivity contribution >= 4 is 0 Å². The van der Waals surface area contributed by atoms with Crippen LogP contribution in [0.1, 0.15) is 76.3 Å². The highest BCUT2D eigenvalue weighted by molar-refractivity contribution is 5.22. The van der Waals surface area contributed by atoms with E-state index in [-0.39, 0.29) is 6.04 Å². The Kier molecular flexibility index (Phi) is 9.19. The Balaban J connectivity index is 2.27. The number of benzene rings is 1. The average molecular weight is 298 g/mol. The molecule has 4 heteroatoms. The number of halogens is 2. The van der Waals surface area contributed by atoms with E-state index in [9.17, 15) is 8.78 Å². The minimum absolute atomic E-state index is 0.319. The summed E-state index contributed by atoms with van der Waals surface area (Å²) in [6, 6.07) is 3.19. The van der Waals surface area contributed by atoms with Crippen molar-refractivity contribution in [3.05, 3.63) is 35.4 Å². The van der Waals surface area contributed by atoms with Gasteiger partial charge in [-0.2, -0.15) is 0 Å². The molecule has 1 aromatic rings. The summed E-state index contributed by atoms with van der Waals surface area (Å²) in [6.45, 7) is 2.21. The van der Waals surface area contributed by atoms with Crippen molar-refractivity contribution < 1.29 is 8.78 Å². The maximum Gasteiger partial charge on any atom is 0.128 e. The van der Waals surface area contributed by atoms with Gasteiger partial charge in [-0.05, 0) is 24.6 Å². The van der Waals surface area contributed by atoms with Gasteiger partial charge in [0, 0.05) is 11.6 Å². The van der Waals surface area contributed by atoms with Crippen LogP contribution in [0.15, 0.2) is 18.2 Å². The number of nitrogens with one attached hydrogen (secondary N) is 1. The summed E-state index contributed by atoms with van der Waals surface area (Å²) in [5.74, 6) is 4.65. The Morgan fingerprint density at radius 2 is 1.62 bits per heavy atom. The third-order valence-corrected chi connectivity index (χ3v) is 3.88. The first kappa shape index (κ1) is 18.1. The van der Waals surface area contributed by atoms with E-state index in [2.05, 4.69) is 12.3 Å². The molecule has 0 amide bonds. The number of unbranched alkanes of at least 4 members (excludes halogenated alkanes) is 7. The largest absolute Gasteiger partial charge is 0.271 e. The molecular formula is C17H28F2N2. The van der Waals surface area contributed by atoms with Gasteiger partial charge >= 0.3 is 0 Å². The maximum absolute atomic E-state index is 13.7. The minimum atomic E-state index is -0.428. The van der Waals surface area contributed by atoms with Crippen LogP contribution in [0.5, 0.6) is 0 Å². The van der Waals surface area contributed by atoms with Crippen LogP contribution in [0.4, 0.5) is 8.78 Å². The summed E-state index contributed by atoms with van der Waals surface area (Å²) >= 11 is 0. The van der Waals surface area contributed by atoms with Gasteiger partial charge in [-0.15, -0.1) is 0 Å². The molecule has 2 nitrogen and oxygen atoms in total. The lowest BCUT2D eigenvalue weighted by Gasteiger charge is -2.17. The van der Waals surface area contributed by atoms with Crippen LogP contribution < -0.4 is 11.3 Å². The van der Waals surface area contributed by atoms with E-state index in [0.29, 0.717) is 5.56 Å². The molecule has 3 N–H and O–H groups in total. The van der Waals surface area contributed by atoms with Gasteiger partial charge < -0.3 is 0 Å². The number of hydrazine groups is 1. The predicted octanol–water partition coefficient (Wildman–Crippen LogP) is 5.00. The third-order valence-electron chi connectivity index (χ3n) is 3.88. The Morgan fingerprint density at radius 1 is 1.00 bits per heavy atom. The number of hydrogen-bond donors (Lipinski definition) is 2. The summed E-state index contributed by atoms with van der Waals surface area (Å²) in [5, 5.41) is 0. The van der Waals surface area contributed by atoms with Crippen molar-refractivity contribution in [2.75, 3.05) is 0 Å². The van der Waals surface area contributed by atoms with Gasteiger partial charge in [0.15, 0.2) is 0 Å². The molecular weight excluding hydrogens is 270 g/mol. The monoisotopic (exact) mass is 298 g/mol. The molecule has 1 atom stereocenters. The van der Waals surface area contributed by atoms with Gasteiger partial charge in [0.05, 0.1) is 0 Å². The molecule has 0 aromatic heterocycles. The molecule has 0 radical (unpaired) electrons. The zero-order chi connectivity index (χ0) is 15.5. The summed E-state index contributed by atoms with van der Waals surface area (Å²) < 4.78 is 26.9. The lowest BCUT2D eigenvalue weighted by molar-refractivity contribution is 0.453. The molecule has 1 aromatic carbocycles.